The second kappa shape index (κ2) is 11.1. The standard InChI is InChI=1S/C15H20F3N3O.HI/c1-3-9-20-14(19-4-2)21-10-12-5-7-13(8-6-12)22-11-15(16,17)18;/h3,5-8H,1,4,9-11H2,2H3,(H2,19,20,21);1H. The number of ether oxygens (including phenoxy) is 1. The molecule has 0 radical (unpaired) electrons. The maximum atomic E-state index is 12.0. The number of alkyl halides is 3. The van der Waals surface area contributed by atoms with Gasteiger partial charge in [-0.15, -0.1) is 30.6 Å². The Morgan fingerprint density at radius 2 is 1.91 bits per heavy atom. The van der Waals surface area contributed by atoms with Crippen LogP contribution in [0.1, 0.15) is 12.5 Å². The van der Waals surface area contributed by atoms with Gasteiger partial charge in [-0.1, -0.05) is 18.2 Å². The first kappa shape index (κ1) is 21.6. The van der Waals surface area contributed by atoms with Crippen LogP contribution in [-0.4, -0.2) is 31.8 Å². The molecule has 0 unspecified atom stereocenters. The molecular formula is C15H21F3IN3O. The third-order valence-corrected chi connectivity index (χ3v) is 2.50. The van der Waals surface area contributed by atoms with Gasteiger partial charge in [-0.2, -0.15) is 13.2 Å². The van der Waals surface area contributed by atoms with Crippen LogP contribution in [-0.2, 0) is 6.54 Å². The highest BCUT2D eigenvalue weighted by Crippen LogP contribution is 2.19. The summed E-state index contributed by atoms with van der Waals surface area (Å²) in [5.74, 6) is 0.835. The number of aliphatic imine (C=N–C) groups is 1. The van der Waals surface area contributed by atoms with Gasteiger partial charge in [-0.25, -0.2) is 4.99 Å². The SMILES string of the molecule is C=CCNC(=NCc1ccc(OCC(F)(F)F)cc1)NCC.I. The van der Waals surface area contributed by atoms with Gasteiger partial charge in [-0.3, -0.25) is 0 Å². The van der Waals surface area contributed by atoms with Crippen LogP contribution in [0.5, 0.6) is 5.75 Å². The lowest BCUT2D eigenvalue weighted by Gasteiger charge is -2.10. The van der Waals surface area contributed by atoms with E-state index in [1.165, 1.54) is 12.1 Å². The molecule has 1 rings (SSSR count). The molecule has 8 heteroatoms. The topological polar surface area (TPSA) is 45.7 Å². The first-order chi connectivity index (χ1) is 10.4. The highest BCUT2D eigenvalue weighted by atomic mass is 127. The minimum Gasteiger partial charge on any atom is -0.484 e. The second-order valence-electron chi connectivity index (χ2n) is 4.41. The van der Waals surface area contributed by atoms with Crippen molar-refractivity contribution >= 4 is 29.9 Å². The lowest BCUT2D eigenvalue weighted by atomic mass is 10.2. The summed E-state index contributed by atoms with van der Waals surface area (Å²) in [6, 6.07) is 6.37. The second-order valence-corrected chi connectivity index (χ2v) is 4.41. The van der Waals surface area contributed by atoms with Gasteiger partial charge in [0.05, 0.1) is 6.54 Å². The Labute approximate surface area is 151 Å². The highest BCUT2D eigenvalue weighted by molar-refractivity contribution is 14.0. The van der Waals surface area contributed by atoms with E-state index in [0.717, 1.165) is 12.1 Å². The van der Waals surface area contributed by atoms with Gasteiger partial charge in [0.1, 0.15) is 5.75 Å². The Morgan fingerprint density at radius 3 is 2.43 bits per heavy atom. The van der Waals surface area contributed by atoms with Crippen LogP contribution in [0.25, 0.3) is 0 Å². The summed E-state index contributed by atoms with van der Waals surface area (Å²) in [7, 11) is 0. The molecule has 0 aliphatic rings. The smallest absolute Gasteiger partial charge is 0.422 e. The minimum absolute atomic E-state index is 0. The lowest BCUT2D eigenvalue weighted by molar-refractivity contribution is -0.153. The van der Waals surface area contributed by atoms with Crippen molar-refractivity contribution in [1.29, 1.82) is 0 Å². The van der Waals surface area contributed by atoms with E-state index in [0.29, 0.717) is 19.0 Å². The first-order valence-corrected chi connectivity index (χ1v) is 6.86. The van der Waals surface area contributed by atoms with E-state index < -0.39 is 12.8 Å². The minimum atomic E-state index is -4.33. The molecule has 0 saturated heterocycles. The first-order valence-electron chi connectivity index (χ1n) is 6.86. The Balaban J connectivity index is 0.00000484. The normalized spacial score (nSPS) is 11.4. The monoisotopic (exact) mass is 443 g/mol. The van der Waals surface area contributed by atoms with Crippen LogP contribution in [0.15, 0.2) is 41.9 Å². The predicted molar refractivity (Wildman–Crippen MR) is 96.4 cm³/mol. The lowest BCUT2D eigenvalue weighted by Crippen LogP contribution is -2.37. The molecule has 1 aromatic rings. The van der Waals surface area contributed by atoms with Gasteiger partial charge in [0.2, 0.25) is 0 Å². The van der Waals surface area contributed by atoms with E-state index in [2.05, 4.69) is 26.9 Å². The molecule has 130 valence electrons. The third-order valence-electron chi connectivity index (χ3n) is 2.50. The van der Waals surface area contributed by atoms with Gasteiger partial charge in [0.15, 0.2) is 12.6 Å². The van der Waals surface area contributed by atoms with Gasteiger partial charge in [-0.05, 0) is 24.6 Å². The van der Waals surface area contributed by atoms with E-state index in [9.17, 15) is 13.2 Å². The molecule has 0 saturated carbocycles. The molecule has 1 aromatic carbocycles. The van der Waals surface area contributed by atoms with Crippen LogP contribution in [0, 0.1) is 0 Å². The van der Waals surface area contributed by atoms with E-state index in [1.54, 1.807) is 18.2 Å². The molecule has 4 nitrogen and oxygen atoms in total. The number of rotatable bonds is 7. The molecule has 0 bridgehead atoms. The van der Waals surface area contributed by atoms with Crippen molar-refractivity contribution in [3.8, 4) is 5.75 Å². The summed E-state index contributed by atoms with van der Waals surface area (Å²) in [6.07, 6.45) is -2.61. The Morgan fingerprint density at radius 1 is 1.26 bits per heavy atom. The van der Waals surface area contributed by atoms with Crippen LogP contribution in [0.2, 0.25) is 0 Å². The van der Waals surface area contributed by atoms with Crippen molar-refractivity contribution in [2.75, 3.05) is 19.7 Å². The number of halogens is 4. The molecule has 23 heavy (non-hydrogen) atoms. The van der Waals surface area contributed by atoms with Crippen molar-refractivity contribution in [2.45, 2.75) is 19.6 Å². The summed E-state index contributed by atoms with van der Waals surface area (Å²) in [4.78, 5) is 4.36. The van der Waals surface area contributed by atoms with Crippen LogP contribution in [0.4, 0.5) is 13.2 Å². The number of hydrogen-bond acceptors (Lipinski definition) is 2. The molecular weight excluding hydrogens is 422 g/mol. The van der Waals surface area contributed by atoms with Gasteiger partial charge in [0.25, 0.3) is 0 Å². The van der Waals surface area contributed by atoms with E-state index in [4.69, 9.17) is 0 Å². The summed E-state index contributed by atoms with van der Waals surface area (Å²) in [6.45, 7) is 6.01. The van der Waals surface area contributed by atoms with Gasteiger partial charge < -0.3 is 15.4 Å². The number of benzene rings is 1. The molecule has 0 aromatic heterocycles. The Kier molecular flexibility index (Phi) is 10.4. The van der Waals surface area contributed by atoms with Crippen LogP contribution in [0.3, 0.4) is 0 Å². The molecule has 0 aliphatic heterocycles. The molecule has 0 fully saturated rings. The zero-order valence-electron chi connectivity index (χ0n) is 12.8. The van der Waals surface area contributed by atoms with Crippen molar-refractivity contribution in [3.63, 3.8) is 0 Å². The van der Waals surface area contributed by atoms with Crippen molar-refractivity contribution in [1.82, 2.24) is 10.6 Å². The maximum Gasteiger partial charge on any atom is 0.422 e. The number of hydrogen-bond donors (Lipinski definition) is 2. The fourth-order valence-electron chi connectivity index (χ4n) is 1.54. The Bertz CT molecular complexity index is 490. The van der Waals surface area contributed by atoms with E-state index in [-0.39, 0.29) is 29.7 Å². The summed E-state index contributed by atoms with van der Waals surface area (Å²) < 4.78 is 40.8. The Hall–Kier alpha value is -1.45. The predicted octanol–water partition coefficient (Wildman–Crippen LogP) is 3.49. The van der Waals surface area contributed by atoms with Crippen molar-refractivity contribution in [2.24, 2.45) is 4.99 Å². The molecule has 0 spiro atoms. The van der Waals surface area contributed by atoms with E-state index >= 15 is 0 Å². The summed E-state index contributed by atoms with van der Waals surface area (Å²) in [5, 5.41) is 6.14. The highest BCUT2D eigenvalue weighted by Gasteiger charge is 2.28. The molecule has 0 amide bonds. The molecule has 0 heterocycles. The fraction of sp³-hybridized carbons (Fsp3) is 0.400. The fourth-order valence-corrected chi connectivity index (χ4v) is 1.54. The van der Waals surface area contributed by atoms with Crippen LogP contribution >= 0.6 is 24.0 Å². The van der Waals surface area contributed by atoms with Crippen molar-refractivity contribution in [3.05, 3.63) is 42.5 Å². The van der Waals surface area contributed by atoms with Crippen molar-refractivity contribution < 1.29 is 17.9 Å². The molecule has 2 N–H and O–H groups in total. The summed E-state index contributed by atoms with van der Waals surface area (Å²) in [5.41, 5.74) is 0.871. The number of nitrogens with one attached hydrogen (secondary N) is 2. The molecule has 0 aliphatic carbocycles. The van der Waals surface area contributed by atoms with Gasteiger partial charge >= 0.3 is 6.18 Å². The van der Waals surface area contributed by atoms with Gasteiger partial charge in [0, 0.05) is 13.1 Å². The number of nitrogens with zero attached hydrogens (tertiary/aromatic N) is 1. The third kappa shape index (κ3) is 10.0. The largest absolute Gasteiger partial charge is 0.484 e. The maximum absolute atomic E-state index is 12.0. The molecule has 0 atom stereocenters. The van der Waals surface area contributed by atoms with Crippen LogP contribution < -0.4 is 15.4 Å². The zero-order chi connectivity index (χ0) is 16.4. The zero-order valence-corrected chi connectivity index (χ0v) is 15.2. The summed E-state index contributed by atoms with van der Waals surface area (Å²) >= 11 is 0. The number of guanidine groups is 1. The quantitative estimate of drug-likeness (QED) is 0.294. The average Bonchev–Trinajstić information content (AvgIpc) is 2.48. The van der Waals surface area contributed by atoms with E-state index in [1.807, 2.05) is 6.92 Å². The average molecular weight is 443 g/mol.